The van der Waals surface area contributed by atoms with Gasteiger partial charge >= 0.3 is 0 Å². The lowest BCUT2D eigenvalue weighted by atomic mass is 9.89. The fraction of sp³-hybridized carbons (Fsp3) is 0.562. The first-order valence-corrected chi connectivity index (χ1v) is 7.05. The minimum Gasteiger partial charge on any atom is -0.494 e. The molecular weight excluding hydrogens is 240 g/mol. The normalized spacial score (nSPS) is 17.7. The molecule has 3 nitrogen and oxygen atoms in total. The summed E-state index contributed by atoms with van der Waals surface area (Å²) in [5.41, 5.74) is 1.79. The fourth-order valence-electron chi connectivity index (χ4n) is 2.77. The Kier molecular flexibility index (Phi) is 4.13. The Hall–Kier alpha value is -1.51. The van der Waals surface area contributed by atoms with E-state index < -0.39 is 0 Å². The zero-order chi connectivity index (χ0) is 14.0. The van der Waals surface area contributed by atoms with Crippen LogP contribution in [0, 0.1) is 5.92 Å². The number of ketones is 1. The summed E-state index contributed by atoms with van der Waals surface area (Å²) >= 11 is 0. The molecule has 0 heterocycles. The summed E-state index contributed by atoms with van der Waals surface area (Å²) in [6, 6.07) is 3.79. The van der Waals surface area contributed by atoms with Gasteiger partial charge in [0.05, 0.1) is 18.8 Å². The van der Waals surface area contributed by atoms with Crippen LogP contribution in [0.3, 0.4) is 0 Å². The van der Waals surface area contributed by atoms with Crippen molar-refractivity contribution in [1.82, 2.24) is 0 Å². The van der Waals surface area contributed by atoms with Crippen molar-refractivity contribution in [2.75, 3.05) is 13.2 Å². The van der Waals surface area contributed by atoms with Crippen molar-refractivity contribution in [3.8, 4) is 11.5 Å². The van der Waals surface area contributed by atoms with Gasteiger partial charge in [-0.1, -0.05) is 13.8 Å². The molecule has 1 unspecified atom stereocenters. The molecule has 19 heavy (non-hydrogen) atoms. The molecule has 2 rings (SSSR count). The van der Waals surface area contributed by atoms with Gasteiger partial charge < -0.3 is 9.47 Å². The highest BCUT2D eigenvalue weighted by molar-refractivity contribution is 6.04. The molecule has 1 aromatic carbocycles. The quantitative estimate of drug-likeness (QED) is 0.809. The fourth-order valence-corrected chi connectivity index (χ4v) is 2.77. The molecule has 0 saturated heterocycles. The van der Waals surface area contributed by atoms with Gasteiger partial charge in [-0.25, -0.2) is 0 Å². The molecule has 1 atom stereocenters. The third-order valence-corrected chi connectivity index (χ3v) is 3.63. The molecule has 1 aliphatic carbocycles. The molecular formula is C16H22O3. The third kappa shape index (κ3) is 2.46. The molecule has 0 fully saturated rings. The molecule has 0 spiro atoms. The van der Waals surface area contributed by atoms with E-state index in [1.165, 1.54) is 0 Å². The predicted octanol–water partition coefficient (Wildman–Crippen LogP) is 3.81. The maximum atomic E-state index is 12.3. The van der Waals surface area contributed by atoms with Gasteiger partial charge in [0, 0.05) is 12.0 Å². The standard InChI is InChI=1S/C16H22O3/c1-5-18-13-7-8-14(19-6-2)16-12(17)9-11(10(3)4)15(13)16/h7-8,10-11H,5-6,9H2,1-4H3. The number of hydrogen-bond donors (Lipinski definition) is 0. The van der Waals surface area contributed by atoms with Gasteiger partial charge in [0.25, 0.3) is 0 Å². The van der Waals surface area contributed by atoms with Gasteiger partial charge in [-0.2, -0.15) is 0 Å². The first-order chi connectivity index (χ1) is 9.10. The number of hydrogen-bond acceptors (Lipinski definition) is 3. The van der Waals surface area contributed by atoms with Crippen LogP contribution in [0.4, 0.5) is 0 Å². The summed E-state index contributed by atoms with van der Waals surface area (Å²) in [5, 5.41) is 0. The van der Waals surface area contributed by atoms with Crippen LogP contribution in [0.1, 0.15) is 56.0 Å². The van der Waals surface area contributed by atoms with Crippen molar-refractivity contribution in [1.29, 1.82) is 0 Å². The molecule has 0 aromatic heterocycles. The first kappa shape index (κ1) is 13.9. The predicted molar refractivity (Wildman–Crippen MR) is 75.3 cm³/mol. The Balaban J connectivity index is 2.56. The molecule has 0 radical (unpaired) electrons. The summed E-state index contributed by atoms with van der Waals surface area (Å²) in [4.78, 5) is 12.3. The molecule has 3 heteroatoms. The van der Waals surface area contributed by atoms with Crippen molar-refractivity contribution >= 4 is 5.78 Å². The number of carbonyl (C=O) groups is 1. The number of rotatable bonds is 5. The summed E-state index contributed by atoms with van der Waals surface area (Å²) in [5.74, 6) is 2.38. The maximum absolute atomic E-state index is 12.3. The lowest BCUT2D eigenvalue weighted by Gasteiger charge is -2.19. The Bertz CT molecular complexity index is 477. The van der Waals surface area contributed by atoms with Gasteiger partial charge in [0.2, 0.25) is 0 Å². The van der Waals surface area contributed by atoms with Crippen molar-refractivity contribution in [2.45, 2.75) is 40.0 Å². The van der Waals surface area contributed by atoms with E-state index in [1.807, 2.05) is 26.0 Å². The number of benzene rings is 1. The number of carbonyl (C=O) groups excluding carboxylic acids is 1. The van der Waals surface area contributed by atoms with Gasteiger partial charge in [-0.15, -0.1) is 0 Å². The van der Waals surface area contributed by atoms with Crippen LogP contribution in [-0.4, -0.2) is 19.0 Å². The van der Waals surface area contributed by atoms with Gasteiger partial charge in [-0.05, 0) is 37.8 Å². The van der Waals surface area contributed by atoms with Crippen molar-refractivity contribution in [2.24, 2.45) is 5.92 Å². The Morgan fingerprint density at radius 3 is 2.32 bits per heavy atom. The van der Waals surface area contributed by atoms with E-state index in [0.29, 0.717) is 31.3 Å². The third-order valence-electron chi connectivity index (χ3n) is 3.63. The molecule has 0 N–H and O–H groups in total. The van der Waals surface area contributed by atoms with Crippen molar-refractivity contribution in [3.05, 3.63) is 23.3 Å². The Labute approximate surface area is 114 Å². The second kappa shape index (κ2) is 5.64. The highest BCUT2D eigenvalue weighted by Gasteiger charge is 2.36. The first-order valence-electron chi connectivity index (χ1n) is 7.05. The monoisotopic (exact) mass is 262 g/mol. The Morgan fingerprint density at radius 2 is 1.74 bits per heavy atom. The SMILES string of the molecule is CCOc1ccc(OCC)c2c1C(=O)CC2C(C)C. The van der Waals surface area contributed by atoms with E-state index in [4.69, 9.17) is 9.47 Å². The minimum absolute atomic E-state index is 0.179. The number of fused-ring (bicyclic) bond motifs is 1. The van der Waals surface area contributed by atoms with Gasteiger partial charge in [0.1, 0.15) is 11.5 Å². The van der Waals surface area contributed by atoms with E-state index in [9.17, 15) is 4.79 Å². The molecule has 104 valence electrons. The number of Topliss-reactive ketones (excluding diaryl/α,β-unsaturated/α-hetero) is 1. The zero-order valence-corrected chi connectivity index (χ0v) is 12.2. The average Bonchev–Trinajstić information content (AvgIpc) is 2.72. The minimum atomic E-state index is 0.179. The van der Waals surface area contributed by atoms with Crippen LogP contribution >= 0.6 is 0 Å². The largest absolute Gasteiger partial charge is 0.494 e. The van der Waals surface area contributed by atoms with Crippen LogP contribution in [-0.2, 0) is 0 Å². The smallest absolute Gasteiger partial charge is 0.167 e. The van der Waals surface area contributed by atoms with Crippen LogP contribution in [0.5, 0.6) is 11.5 Å². The summed E-state index contributed by atoms with van der Waals surface area (Å²) in [6.45, 7) is 9.37. The van der Waals surface area contributed by atoms with E-state index in [0.717, 1.165) is 16.9 Å². The van der Waals surface area contributed by atoms with Crippen molar-refractivity contribution < 1.29 is 14.3 Å². The summed E-state index contributed by atoms with van der Waals surface area (Å²) in [7, 11) is 0. The summed E-state index contributed by atoms with van der Waals surface area (Å²) < 4.78 is 11.3. The lowest BCUT2D eigenvalue weighted by molar-refractivity contribution is 0.0981. The van der Waals surface area contributed by atoms with Gasteiger partial charge in [-0.3, -0.25) is 4.79 Å². The molecule has 0 saturated carbocycles. The van der Waals surface area contributed by atoms with Crippen LogP contribution in [0.15, 0.2) is 12.1 Å². The average molecular weight is 262 g/mol. The van der Waals surface area contributed by atoms with Crippen LogP contribution < -0.4 is 9.47 Å². The van der Waals surface area contributed by atoms with E-state index in [1.54, 1.807) is 0 Å². The lowest BCUT2D eigenvalue weighted by Crippen LogP contribution is -2.06. The van der Waals surface area contributed by atoms with E-state index >= 15 is 0 Å². The molecule has 1 aromatic rings. The van der Waals surface area contributed by atoms with Gasteiger partial charge in [0.15, 0.2) is 5.78 Å². The highest BCUT2D eigenvalue weighted by Crippen LogP contribution is 2.47. The Morgan fingerprint density at radius 1 is 1.16 bits per heavy atom. The second-order valence-corrected chi connectivity index (χ2v) is 5.19. The van der Waals surface area contributed by atoms with E-state index in [2.05, 4.69) is 13.8 Å². The van der Waals surface area contributed by atoms with Crippen LogP contribution in [0.25, 0.3) is 0 Å². The number of ether oxygens (including phenoxy) is 2. The molecule has 0 amide bonds. The highest BCUT2D eigenvalue weighted by atomic mass is 16.5. The summed E-state index contributed by atoms with van der Waals surface area (Å²) in [6.07, 6.45) is 0.567. The zero-order valence-electron chi connectivity index (χ0n) is 12.2. The van der Waals surface area contributed by atoms with Crippen LogP contribution in [0.2, 0.25) is 0 Å². The van der Waals surface area contributed by atoms with E-state index in [-0.39, 0.29) is 11.7 Å². The molecule has 1 aliphatic rings. The second-order valence-electron chi connectivity index (χ2n) is 5.19. The molecule has 0 aliphatic heterocycles. The van der Waals surface area contributed by atoms with Crippen molar-refractivity contribution in [3.63, 3.8) is 0 Å². The molecule has 0 bridgehead atoms. The topological polar surface area (TPSA) is 35.5 Å². The maximum Gasteiger partial charge on any atom is 0.167 e.